The second-order valence-corrected chi connectivity index (χ2v) is 6.60. The number of nitrogens with zero attached hydrogens (tertiary/aromatic N) is 2. The van der Waals surface area contributed by atoms with Crippen molar-refractivity contribution in [3.05, 3.63) is 58.6 Å². The summed E-state index contributed by atoms with van der Waals surface area (Å²) < 4.78 is 0. The van der Waals surface area contributed by atoms with Crippen molar-refractivity contribution in [2.75, 3.05) is 26.2 Å². The molecule has 0 unspecified atom stereocenters. The molecule has 0 bridgehead atoms. The van der Waals surface area contributed by atoms with E-state index in [9.17, 15) is 4.79 Å². The molecule has 2 aromatic carbocycles. The van der Waals surface area contributed by atoms with Crippen molar-refractivity contribution in [1.82, 2.24) is 10.2 Å². The lowest BCUT2D eigenvalue weighted by molar-refractivity contribution is 0.0950. The second-order valence-electron chi connectivity index (χ2n) is 6.19. The van der Waals surface area contributed by atoms with Crippen molar-refractivity contribution in [2.45, 2.75) is 12.8 Å². The first-order chi connectivity index (χ1) is 12.2. The molecular weight excluding hydrogens is 334 g/mol. The van der Waals surface area contributed by atoms with Crippen LogP contribution in [0.15, 0.2) is 42.5 Å². The molecule has 0 radical (unpaired) electrons. The summed E-state index contributed by atoms with van der Waals surface area (Å²) in [5.74, 6) is -0.0919. The lowest BCUT2D eigenvalue weighted by atomic mass is 10.0. The summed E-state index contributed by atoms with van der Waals surface area (Å²) in [7, 11) is 0. The number of carbonyl (C=O) groups excluding carboxylic acids is 1. The molecule has 0 aliphatic carbocycles. The highest BCUT2D eigenvalue weighted by Crippen LogP contribution is 2.29. The van der Waals surface area contributed by atoms with Gasteiger partial charge in [0.2, 0.25) is 0 Å². The quantitative estimate of drug-likeness (QED) is 0.891. The van der Waals surface area contributed by atoms with Gasteiger partial charge in [0.05, 0.1) is 11.6 Å². The van der Waals surface area contributed by atoms with E-state index < -0.39 is 0 Å². The molecule has 1 amide bonds. The number of halogens is 1. The first kappa shape index (κ1) is 17.5. The van der Waals surface area contributed by atoms with Gasteiger partial charge in [0.25, 0.3) is 5.91 Å². The minimum absolute atomic E-state index is 0.0919. The first-order valence-corrected chi connectivity index (χ1v) is 8.86. The molecule has 1 heterocycles. The second kappa shape index (κ2) is 8.15. The average Bonchev–Trinajstić information content (AvgIpc) is 3.15. The molecule has 128 valence electrons. The molecule has 25 heavy (non-hydrogen) atoms. The zero-order valence-corrected chi connectivity index (χ0v) is 14.7. The van der Waals surface area contributed by atoms with Gasteiger partial charge in [-0.25, -0.2) is 0 Å². The lowest BCUT2D eigenvalue weighted by Gasteiger charge is -2.15. The Morgan fingerprint density at radius 1 is 1.16 bits per heavy atom. The van der Waals surface area contributed by atoms with Crippen molar-refractivity contribution in [1.29, 1.82) is 5.26 Å². The van der Waals surface area contributed by atoms with E-state index in [0.29, 0.717) is 22.7 Å². The minimum Gasteiger partial charge on any atom is -0.351 e. The number of hydrogen-bond donors (Lipinski definition) is 1. The molecule has 3 rings (SSSR count). The van der Waals surface area contributed by atoms with Gasteiger partial charge in [-0.15, -0.1) is 0 Å². The molecule has 0 aromatic heterocycles. The fourth-order valence-corrected chi connectivity index (χ4v) is 3.27. The van der Waals surface area contributed by atoms with Crippen LogP contribution in [0.2, 0.25) is 5.02 Å². The molecule has 0 atom stereocenters. The number of nitrogens with one attached hydrogen (secondary N) is 1. The van der Waals surface area contributed by atoms with E-state index in [1.807, 2.05) is 12.1 Å². The number of rotatable bonds is 5. The van der Waals surface area contributed by atoms with E-state index in [-0.39, 0.29) is 5.91 Å². The third kappa shape index (κ3) is 4.39. The van der Waals surface area contributed by atoms with E-state index in [2.05, 4.69) is 16.3 Å². The van der Waals surface area contributed by atoms with Crippen LogP contribution in [-0.4, -0.2) is 37.0 Å². The van der Waals surface area contributed by atoms with Crippen LogP contribution in [0.1, 0.15) is 28.8 Å². The zero-order chi connectivity index (χ0) is 17.6. The van der Waals surface area contributed by atoms with Gasteiger partial charge in [0.15, 0.2) is 0 Å². The van der Waals surface area contributed by atoms with Gasteiger partial charge in [0, 0.05) is 29.2 Å². The minimum atomic E-state index is -0.0919. The van der Waals surface area contributed by atoms with Gasteiger partial charge in [-0.2, -0.15) is 5.26 Å². The standard InChI is InChI=1S/C20H20ClN3O/c21-19-8-7-17(20(25)23-9-12-24-10-1-2-11-24)13-18(19)16-5-3-15(14-22)4-6-16/h3-8,13H,1-2,9-12H2,(H,23,25). The molecule has 4 nitrogen and oxygen atoms in total. The van der Waals surface area contributed by atoms with Gasteiger partial charge in [-0.1, -0.05) is 23.7 Å². The highest BCUT2D eigenvalue weighted by atomic mass is 35.5. The fraction of sp³-hybridized carbons (Fsp3) is 0.300. The van der Waals surface area contributed by atoms with Crippen LogP contribution in [-0.2, 0) is 0 Å². The Hall–Kier alpha value is -2.35. The normalized spacial score (nSPS) is 14.2. The summed E-state index contributed by atoms with van der Waals surface area (Å²) in [6.07, 6.45) is 2.50. The molecule has 0 saturated carbocycles. The number of benzene rings is 2. The van der Waals surface area contributed by atoms with Crippen LogP contribution in [0.3, 0.4) is 0 Å². The summed E-state index contributed by atoms with van der Waals surface area (Å²) in [6, 6.07) is 14.5. The third-order valence-electron chi connectivity index (χ3n) is 4.47. The first-order valence-electron chi connectivity index (χ1n) is 8.48. The Balaban J connectivity index is 1.69. The van der Waals surface area contributed by atoms with Gasteiger partial charge in [-0.3, -0.25) is 4.79 Å². The maximum Gasteiger partial charge on any atom is 0.251 e. The zero-order valence-electron chi connectivity index (χ0n) is 14.0. The molecular formula is C20H20ClN3O. The predicted molar refractivity (Wildman–Crippen MR) is 99.6 cm³/mol. The number of likely N-dealkylation sites (tertiary alicyclic amines) is 1. The lowest BCUT2D eigenvalue weighted by Crippen LogP contribution is -2.33. The van der Waals surface area contributed by atoms with Gasteiger partial charge in [0.1, 0.15) is 0 Å². The Bertz CT molecular complexity index is 790. The largest absolute Gasteiger partial charge is 0.351 e. The number of carbonyl (C=O) groups is 1. The molecule has 1 N–H and O–H groups in total. The van der Waals surface area contributed by atoms with E-state index in [1.54, 1.807) is 30.3 Å². The molecule has 5 heteroatoms. The summed E-state index contributed by atoms with van der Waals surface area (Å²) in [5, 5.41) is 12.5. The summed E-state index contributed by atoms with van der Waals surface area (Å²) in [6.45, 7) is 3.79. The highest BCUT2D eigenvalue weighted by molar-refractivity contribution is 6.33. The maximum absolute atomic E-state index is 12.4. The highest BCUT2D eigenvalue weighted by Gasteiger charge is 2.13. The van der Waals surface area contributed by atoms with Crippen molar-refractivity contribution in [2.24, 2.45) is 0 Å². The van der Waals surface area contributed by atoms with E-state index in [1.165, 1.54) is 12.8 Å². The van der Waals surface area contributed by atoms with Crippen molar-refractivity contribution >= 4 is 17.5 Å². The molecule has 1 saturated heterocycles. The number of hydrogen-bond acceptors (Lipinski definition) is 3. The Kier molecular flexibility index (Phi) is 5.70. The van der Waals surface area contributed by atoms with Crippen LogP contribution >= 0.6 is 11.6 Å². The third-order valence-corrected chi connectivity index (χ3v) is 4.80. The number of amides is 1. The van der Waals surface area contributed by atoms with Crippen LogP contribution in [0.5, 0.6) is 0 Å². The molecule has 1 aliphatic rings. The Morgan fingerprint density at radius 2 is 1.88 bits per heavy atom. The van der Waals surface area contributed by atoms with Crippen molar-refractivity contribution in [3.8, 4) is 17.2 Å². The smallest absolute Gasteiger partial charge is 0.251 e. The van der Waals surface area contributed by atoms with Gasteiger partial charge >= 0.3 is 0 Å². The molecule has 0 spiro atoms. The van der Waals surface area contributed by atoms with Crippen LogP contribution in [0, 0.1) is 11.3 Å². The number of nitriles is 1. The topological polar surface area (TPSA) is 56.1 Å². The monoisotopic (exact) mass is 353 g/mol. The Morgan fingerprint density at radius 3 is 2.56 bits per heavy atom. The van der Waals surface area contributed by atoms with E-state index >= 15 is 0 Å². The summed E-state index contributed by atoms with van der Waals surface area (Å²) >= 11 is 6.30. The van der Waals surface area contributed by atoms with E-state index in [0.717, 1.165) is 30.8 Å². The van der Waals surface area contributed by atoms with Gasteiger partial charge in [-0.05, 0) is 61.8 Å². The van der Waals surface area contributed by atoms with Crippen LogP contribution in [0.25, 0.3) is 11.1 Å². The Labute approximate surface area is 153 Å². The SMILES string of the molecule is N#Cc1ccc(-c2cc(C(=O)NCCN3CCCC3)ccc2Cl)cc1. The van der Waals surface area contributed by atoms with E-state index in [4.69, 9.17) is 16.9 Å². The van der Waals surface area contributed by atoms with Crippen molar-refractivity contribution in [3.63, 3.8) is 0 Å². The summed E-state index contributed by atoms with van der Waals surface area (Å²) in [4.78, 5) is 14.8. The molecule has 1 aliphatic heterocycles. The predicted octanol–water partition coefficient (Wildman–Crippen LogP) is 3.70. The average molecular weight is 354 g/mol. The molecule has 2 aromatic rings. The molecule has 1 fully saturated rings. The fourth-order valence-electron chi connectivity index (χ4n) is 3.05. The van der Waals surface area contributed by atoms with Crippen molar-refractivity contribution < 1.29 is 4.79 Å². The maximum atomic E-state index is 12.4. The van der Waals surface area contributed by atoms with Crippen LogP contribution < -0.4 is 5.32 Å². The van der Waals surface area contributed by atoms with Crippen LogP contribution in [0.4, 0.5) is 0 Å². The summed E-state index contributed by atoms with van der Waals surface area (Å²) in [5.41, 5.74) is 2.86. The van der Waals surface area contributed by atoms with Gasteiger partial charge < -0.3 is 10.2 Å².